The van der Waals surface area contributed by atoms with Crippen LogP contribution in [0.4, 0.5) is 5.69 Å². The SMILES string of the molecule is NCC1CCN(c2cn[nH]c(=O)c2Cl)C1. The number of rotatable bonds is 2. The maximum atomic E-state index is 11.2. The van der Waals surface area contributed by atoms with Crippen LogP contribution in [0.2, 0.25) is 5.02 Å². The normalized spacial score (nSPS) is 20.9. The van der Waals surface area contributed by atoms with Gasteiger partial charge < -0.3 is 10.6 Å². The van der Waals surface area contributed by atoms with Crippen molar-refractivity contribution < 1.29 is 0 Å². The van der Waals surface area contributed by atoms with Crippen molar-refractivity contribution in [2.75, 3.05) is 24.5 Å². The second-order valence-corrected chi connectivity index (χ2v) is 4.11. The van der Waals surface area contributed by atoms with E-state index < -0.39 is 0 Å². The molecule has 0 bridgehead atoms. The van der Waals surface area contributed by atoms with E-state index in [4.69, 9.17) is 17.3 Å². The van der Waals surface area contributed by atoms with Crippen LogP contribution in [-0.2, 0) is 0 Å². The zero-order chi connectivity index (χ0) is 10.8. The molecule has 1 saturated heterocycles. The molecule has 0 aliphatic carbocycles. The zero-order valence-electron chi connectivity index (χ0n) is 8.24. The van der Waals surface area contributed by atoms with Gasteiger partial charge in [-0.3, -0.25) is 4.79 Å². The van der Waals surface area contributed by atoms with Crippen molar-refractivity contribution in [3.8, 4) is 0 Å². The van der Waals surface area contributed by atoms with Gasteiger partial charge in [0.1, 0.15) is 5.02 Å². The Labute approximate surface area is 92.2 Å². The van der Waals surface area contributed by atoms with Gasteiger partial charge in [0, 0.05) is 13.1 Å². The lowest BCUT2D eigenvalue weighted by atomic mass is 10.1. The standard InChI is InChI=1S/C9H13ClN4O/c10-8-7(4-12-13-9(8)15)14-2-1-6(3-11)5-14/h4,6H,1-3,5,11H2,(H,13,15). The summed E-state index contributed by atoms with van der Waals surface area (Å²) in [6, 6.07) is 0. The Kier molecular flexibility index (Phi) is 2.93. The highest BCUT2D eigenvalue weighted by atomic mass is 35.5. The van der Waals surface area contributed by atoms with Crippen LogP contribution in [-0.4, -0.2) is 29.8 Å². The van der Waals surface area contributed by atoms with E-state index in [-0.39, 0.29) is 10.6 Å². The van der Waals surface area contributed by atoms with E-state index >= 15 is 0 Å². The third-order valence-electron chi connectivity index (χ3n) is 2.74. The fraction of sp³-hybridized carbons (Fsp3) is 0.556. The molecule has 1 unspecified atom stereocenters. The van der Waals surface area contributed by atoms with Crippen LogP contribution in [0.1, 0.15) is 6.42 Å². The van der Waals surface area contributed by atoms with Gasteiger partial charge in [0.15, 0.2) is 0 Å². The van der Waals surface area contributed by atoms with Crippen molar-refractivity contribution >= 4 is 17.3 Å². The first-order valence-corrected chi connectivity index (χ1v) is 5.28. The van der Waals surface area contributed by atoms with E-state index in [2.05, 4.69) is 15.1 Å². The van der Waals surface area contributed by atoms with Crippen molar-refractivity contribution in [2.24, 2.45) is 11.7 Å². The summed E-state index contributed by atoms with van der Waals surface area (Å²) in [6.45, 7) is 2.40. The van der Waals surface area contributed by atoms with Crippen LogP contribution < -0.4 is 16.2 Å². The molecule has 0 aromatic carbocycles. The van der Waals surface area contributed by atoms with Gasteiger partial charge in [0.2, 0.25) is 0 Å². The second kappa shape index (κ2) is 4.20. The first-order chi connectivity index (χ1) is 7.22. The van der Waals surface area contributed by atoms with Gasteiger partial charge in [-0.1, -0.05) is 11.6 Å². The lowest BCUT2D eigenvalue weighted by molar-refractivity contribution is 0.602. The van der Waals surface area contributed by atoms with E-state index in [9.17, 15) is 4.79 Å². The Hall–Kier alpha value is -1.07. The second-order valence-electron chi connectivity index (χ2n) is 3.73. The van der Waals surface area contributed by atoms with Crippen LogP contribution in [0.5, 0.6) is 0 Å². The number of nitrogens with zero attached hydrogens (tertiary/aromatic N) is 2. The van der Waals surface area contributed by atoms with Gasteiger partial charge in [-0.2, -0.15) is 5.10 Å². The summed E-state index contributed by atoms with van der Waals surface area (Å²) in [5.41, 5.74) is 5.96. The Morgan fingerprint density at radius 3 is 3.20 bits per heavy atom. The molecule has 5 nitrogen and oxygen atoms in total. The van der Waals surface area contributed by atoms with E-state index in [0.29, 0.717) is 18.2 Å². The van der Waals surface area contributed by atoms with Gasteiger partial charge in [0.05, 0.1) is 11.9 Å². The molecule has 82 valence electrons. The molecular formula is C9H13ClN4O. The first kappa shape index (κ1) is 10.4. The highest BCUT2D eigenvalue weighted by Crippen LogP contribution is 2.26. The van der Waals surface area contributed by atoms with Gasteiger partial charge in [-0.15, -0.1) is 0 Å². The number of hydrogen-bond donors (Lipinski definition) is 2. The first-order valence-electron chi connectivity index (χ1n) is 4.90. The summed E-state index contributed by atoms with van der Waals surface area (Å²) in [7, 11) is 0. The van der Waals surface area contributed by atoms with Crippen molar-refractivity contribution in [3.63, 3.8) is 0 Å². The molecule has 6 heteroatoms. The summed E-state index contributed by atoms with van der Waals surface area (Å²) >= 11 is 5.91. The van der Waals surface area contributed by atoms with Crippen molar-refractivity contribution in [2.45, 2.75) is 6.42 Å². The summed E-state index contributed by atoms with van der Waals surface area (Å²) in [5.74, 6) is 0.486. The topological polar surface area (TPSA) is 75.0 Å². The highest BCUT2D eigenvalue weighted by Gasteiger charge is 2.23. The predicted molar refractivity (Wildman–Crippen MR) is 59.2 cm³/mol. The quantitative estimate of drug-likeness (QED) is 0.759. The summed E-state index contributed by atoms with van der Waals surface area (Å²) in [6.07, 6.45) is 2.63. The molecule has 3 N–H and O–H groups in total. The van der Waals surface area contributed by atoms with E-state index in [0.717, 1.165) is 19.5 Å². The highest BCUT2D eigenvalue weighted by molar-refractivity contribution is 6.33. The maximum absolute atomic E-state index is 11.2. The summed E-state index contributed by atoms with van der Waals surface area (Å²) < 4.78 is 0. The van der Waals surface area contributed by atoms with Crippen molar-refractivity contribution in [3.05, 3.63) is 21.6 Å². The minimum atomic E-state index is -0.342. The van der Waals surface area contributed by atoms with Crippen LogP contribution in [0.15, 0.2) is 11.0 Å². The Bertz CT molecular complexity index is 405. The molecule has 0 spiro atoms. The Morgan fingerprint density at radius 2 is 2.53 bits per heavy atom. The fourth-order valence-corrected chi connectivity index (χ4v) is 2.05. The number of aromatic amines is 1. The van der Waals surface area contributed by atoms with E-state index in [1.807, 2.05) is 0 Å². The number of nitrogens with two attached hydrogens (primary N) is 1. The average Bonchev–Trinajstić information content (AvgIpc) is 2.70. The molecule has 1 aliphatic heterocycles. The van der Waals surface area contributed by atoms with E-state index in [1.165, 1.54) is 0 Å². The molecule has 1 aromatic rings. The lowest BCUT2D eigenvalue weighted by Gasteiger charge is -2.18. The van der Waals surface area contributed by atoms with Gasteiger partial charge >= 0.3 is 0 Å². The summed E-state index contributed by atoms with van der Waals surface area (Å²) in [4.78, 5) is 13.3. The molecule has 1 atom stereocenters. The molecule has 1 fully saturated rings. The number of H-pyrrole nitrogens is 1. The summed E-state index contributed by atoms with van der Waals surface area (Å²) in [5, 5.41) is 6.26. The smallest absolute Gasteiger partial charge is 0.285 e. The van der Waals surface area contributed by atoms with Crippen molar-refractivity contribution in [1.29, 1.82) is 0 Å². The molecule has 0 amide bonds. The molecule has 0 radical (unpaired) electrons. The van der Waals surface area contributed by atoms with Crippen LogP contribution in [0.3, 0.4) is 0 Å². The number of anilines is 1. The third-order valence-corrected chi connectivity index (χ3v) is 3.10. The predicted octanol–water partition coefficient (Wildman–Crippen LogP) is 0.208. The monoisotopic (exact) mass is 228 g/mol. The van der Waals surface area contributed by atoms with E-state index in [1.54, 1.807) is 6.20 Å². The molecule has 0 saturated carbocycles. The lowest BCUT2D eigenvalue weighted by Crippen LogP contribution is -2.25. The minimum Gasteiger partial charge on any atom is -0.369 e. The third kappa shape index (κ3) is 1.98. The van der Waals surface area contributed by atoms with Crippen LogP contribution >= 0.6 is 11.6 Å². The van der Waals surface area contributed by atoms with Crippen molar-refractivity contribution in [1.82, 2.24) is 10.2 Å². The number of halogens is 1. The molecule has 2 rings (SSSR count). The molecule has 2 heterocycles. The molecule has 1 aromatic heterocycles. The largest absolute Gasteiger partial charge is 0.369 e. The Morgan fingerprint density at radius 1 is 1.73 bits per heavy atom. The van der Waals surface area contributed by atoms with Crippen LogP contribution in [0.25, 0.3) is 0 Å². The Balaban J connectivity index is 2.24. The molecule has 15 heavy (non-hydrogen) atoms. The number of hydrogen-bond acceptors (Lipinski definition) is 4. The molecular weight excluding hydrogens is 216 g/mol. The van der Waals surface area contributed by atoms with Gasteiger partial charge in [-0.25, -0.2) is 5.10 Å². The van der Waals surface area contributed by atoms with Gasteiger partial charge in [0.25, 0.3) is 5.56 Å². The average molecular weight is 229 g/mol. The van der Waals surface area contributed by atoms with Gasteiger partial charge in [-0.05, 0) is 18.9 Å². The van der Waals surface area contributed by atoms with Crippen LogP contribution in [0, 0.1) is 5.92 Å². The zero-order valence-corrected chi connectivity index (χ0v) is 9.00. The number of nitrogens with one attached hydrogen (secondary N) is 1. The maximum Gasteiger partial charge on any atom is 0.285 e. The minimum absolute atomic E-state index is 0.211. The fourth-order valence-electron chi connectivity index (χ4n) is 1.84. The number of aromatic nitrogens is 2. The molecule has 1 aliphatic rings.